The highest BCUT2D eigenvalue weighted by Crippen LogP contribution is 2.64. The Balaban J connectivity index is 1.42. The molecule has 5 atom stereocenters. The summed E-state index contributed by atoms with van der Waals surface area (Å²) in [4.78, 5) is 0. The standard InChI is InChI=1S/C26H31NO2/c1-25-13-11-22-21-9-7-20(28)16-18(21)4-8-23(22)24(25)12-15-26(25,29)14-10-17-2-5-19(27)6-3-17/h2-3,5-7,9-10,14,16,22-24,28-29H,4,8,11-13,15,27H2,1H3/b14-10-/t22-,23-,24+,25+,26?/m1/s1. The molecule has 3 aliphatic rings. The van der Waals surface area contributed by atoms with Crippen LogP contribution in [0, 0.1) is 17.3 Å². The third-order valence-electron chi connectivity index (χ3n) is 8.41. The van der Waals surface area contributed by atoms with Gasteiger partial charge in [-0.1, -0.05) is 37.3 Å². The zero-order valence-electron chi connectivity index (χ0n) is 17.1. The zero-order chi connectivity index (χ0) is 20.2. The van der Waals surface area contributed by atoms with Crippen LogP contribution in [0.2, 0.25) is 0 Å². The van der Waals surface area contributed by atoms with E-state index in [0.29, 0.717) is 23.5 Å². The van der Waals surface area contributed by atoms with Crippen molar-refractivity contribution in [1.29, 1.82) is 0 Å². The summed E-state index contributed by atoms with van der Waals surface area (Å²) in [7, 11) is 0. The lowest BCUT2D eigenvalue weighted by Gasteiger charge is -2.52. The first-order valence-electron chi connectivity index (χ1n) is 11.0. The Labute approximate surface area is 173 Å². The van der Waals surface area contributed by atoms with Crippen LogP contribution in [0.1, 0.15) is 61.6 Å². The van der Waals surface area contributed by atoms with Crippen LogP contribution < -0.4 is 5.73 Å². The van der Waals surface area contributed by atoms with Crippen LogP contribution in [-0.4, -0.2) is 15.8 Å². The number of nitrogens with two attached hydrogens (primary N) is 1. The van der Waals surface area contributed by atoms with Crippen molar-refractivity contribution >= 4 is 11.8 Å². The minimum Gasteiger partial charge on any atom is -0.508 e. The Morgan fingerprint density at radius 3 is 2.62 bits per heavy atom. The van der Waals surface area contributed by atoms with Gasteiger partial charge in [0.15, 0.2) is 0 Å². The normalized spacial score (nSPS) is 35.9. The molecule has 0 bridgehead atoms. The molecule has 4 N–H and O–H groups in total. The van der Waals surface area contributed by atoms with Crippen LogP contribution in [0.15, 0.2) is 48.5 Å². The molecule has 3 nitrogen and oxygen atoms in total. The van der Waals surface area contributed by atoms with Crippen LogP contribution in [0.5, 0.6) is 5.75 Å². The van der Waals surface area contributed by atoms with E-state index in [4.69, 9.17) is 5.73 Å². The smallest absolute Gasteiger partial charge is 0.115 e. The summed E-state index contributed by atoms with van der Waals surface area (Å²) < 4.78 is 0. The molecule has 0 amide bonds. The first-order chi connectivity index (χ1) is 13.9. The van der Waals surface area contributed by atoms with Crippen molar-refractivity contribution in [2.24, 2.45) is 17.3 Å². The Kier molecular flexibility index (Phi) is 4.29. The molecule has 0 aliphatic heterocycles. The highest BCUT2D eigenvalue weighted by molar-refractivity contribution is 5.55. The molecule has 0 aromatic heterocycles. The second-order valence-electron chi connectivity index (χ2n) is 9.72. The number of hydrogen-bond acceptors (Lipinski definition) is 3. The van der Waals surface area contributed by atoms with Gasteiger partial charge in [-0.25, -0.2) is 0 Å². The Hall–Kier alpha value is -2.26. The fourth-order valence-electron chi connectivity index (χ4n) is 6.73. The molecule has 2 saturated carbocycles. The fourth-order valence-corrected chi connectivity index (χ4v) is 6.73. The average Bonchev–Trinajstić information content (AvgIpc) is 2.98. The van der Waals surface area contributed by atoms with E-state index in [9.17, 15) is 10.2 Å². The van der Waals surface area contributed by atoms with Gasteiger partial charge in [0.1, 0.15) is 5.75 Å². The van der Waals surface area contributed by atoms with Gasteiger partial charge < -0.3 is 15.9 Å². The van der Waals surface area contributed by atoms with Gasteiger partial charge in [0, 0.05) is 11.1 Å². The second kappa shape index (κ2) is 6.63. The van der Waals surface area contributed by atoms with Gasteiger partial charge in [-0.15, -0.1) is 0 Å². The number of aryl methyl sites for hydroxylation is 1. The van der Waals surface area contributed by atoms with Crippen LogP contribution in [0.3, 0.4) is 0 Å². The number of hydrogen-bond donors (Lipinski definition) is 3. The number of rotatable bonds is 2. The molecule has 152 valence electrons. The topological polar surface area (TPSA) is 66.5 Å². The zero-order valence-corrected chi connectivity index (χ0v) is 17.1. The number of aliphatic hydroxyl groups is 1. The molecule has 2 aromatic carbocycles. The average molecular weight is 390 g/mol. The molecule has 2 aromatic rings. The highest BCUT2D eigenvalue weighted by atomic mass is 16.3. The SMILES string of the molecule is C[C@]12CC[C@@H]3c4ccc(O)cc4CC[C@H]3[C@@H]1CCC2(O)/C=C\c1ccc(N)cc1. The Bertz CT molecular complexity index is 950. The maximum Gasteiger partial charge on any atom is 0.115 e. The van der Waals surface area contributed by atoms with E-state index >= 15 is 0 Å². The summed E-state index contributed by atoms with van der Waals surface area (Å²) in [6, 6.07) is 13.8. The number of anilines is 1. The summed E-state index contributed by atoms with van der Waals surface area (Å²) >= 11 is 0. The van der Waals surface area contributed by atoms with E-state index in [2.05, 4.69) is 25.1 Å². The Morgan fingerprint density at radius 2 is 1.83 bits per heavy atom. The summed E-state index contributed by atoms with van der Waals surface area (Å²) in [6.07, 6.45) is 10.4. The van der Waals surface area contributed by atoms with Crippen molar-refractivity contribution in [2.45, 2.75) is 57.0 Å². The number of phenols is 1. The van der Waals surface area contributed by atoms with Gasteiger partial charge in [-0.05, 0) is 97.2 Å². The van der Waals surface area contributed by atoms with Crippen molar-refractivity contribution in [3.05, 3.63) is 65.2 Å². The van der Waals surface area contributed by atoms with Gasteiger partial charge >= 0.3 is 0 Å². The molecular weight excluding hydrogens is 358 g/mol. The summed E-state index contributed by atoms with van der Waals surface area (Å²) in [5, 5.41) is 21.6. The predicted molar refractivity (Wildman–Crippen MR) is 118 cm³/mol. The lowest BCUT2D eigenvalue weighted by Crippen LogP contribution is -2.49. The number of benzene rings is 2. The van der Waals surface area contributed by atoms with Gasteiger partial charge in [0.2, 0.25) is 0 Å². The van der Waals surface area contributed by atoms with Crippen molar-refractivity contribution in [1.82, 2.24) is 0 Å². The lowest BCUT2D eigenvalue weighted by molar-refractivity contribution is -0.0705. The maximum absolute atomic E-state index is 11.7. The van der Waals surface area contributed by atoms with E-state index in [1.54, 1.807) is 0 Å². The predicted octanol–water partition coefficient (Wildman–Crippen LogP) is 5.28. The van der Waals surface area contributed by atoms with Gasteiger partial charge in [-0.3, -0.25) is 0 Å². The minimum absolute atomic E-state index is 0.0765. The first kappa shape index (κ1) is 18.7. The second-order valence-corrected chi connectivity index (χ2v) is 9.72. The molecule has 3 aliphatic carbocycles. The van der Waals surface area contributed by atoms with Crippen molar-refractivity contribution < 1.29 is 10.2 Å². The quantitative estimate of drug-likeness (QED) is 0.613. The largest absolute Gasteiger partial charge is 0.508 e. The third-order valence-corrected chi connectivity index (χ3v) is 8.41. The number of aromatic hydroxyl groups is 1. The van der Waals surface area contributed by atoms with Crippen molar-refractivity contribution in [2.75, 3.05) is 5.73 Å². The molecule has 0 saturated heterocycles. The number of fused-ring (bicyclic) bond motifs is 5. The molecule has 3 heteroatoms. The molecule has 2 fully saturated rings. The summed E-state index contributed by atoms with van der Waals surface area (Å²) in [6.45, 7) is 2.32. The molecule has 29 heavy (non-hydrogen) atoms. The van der Waals surface area contributed by atoms with Crippen LogP contribution in [0.25, 0.3) is 6.08 Å². The van der Waals surface area contributed by atoms with E-state index in [1.165, 1.54) is 17.5 Å². The fraction of sp³-hybridized carbons (Fsp3) is 0.462. The van der Waals surface area contributed by atoms with E-state index < -0.39 is 5.60 Å². The van der Waals surface area contributed by atoms with Gasteiger partial charge in [0.05, 0.1) is 5.60 Å². The van der Waals surface area contributed by atoms with Gasteiger partial charge in [0.25, 0.3) is 0 Å². The van der Waals surface area contributed by atoms with Crippen molar-refractivity contribution in [3.8, 4) is 5.75 Å². The number of nitrogen functional groups attached to an aromatic ring is 1. The lowest BCUT2D eigenvalue weighted by atomic mass is 9.53. The Morgan fingerprint density at radius 1 is 1.03 bits per heavy atom. The first-order valence-corrected chi connectivity index (χ1v) is 11.0. The van der Waals surface area contributed by atoms with Crippen LogP contribution in [0.4, 0.5) is 5.69 Å². The van der Waals surface area contributed by atoms with E-state index in [1.807, 2.05) is 36.4 Å². The number of phenolic OH excluding ortho intramolecular Hbond substituents is 1. The molecule has 1 unspecified atom stereocenters. The molecular formula is C26H31NO2. The maximum atomic E-state index is 11.7. The summed E-state index contributed by atoms with van der Waals surface area (Å²) in [5.41, 5.74) is 9.58. The van der Waals surface area contributed by atoms with Crippen molar-refractivity contribution in [3.63, 3.8) is 0 Å². The monoisotopic (exact) mass is 389 g/mol. The minimum atomic E-state index is -0.751. The van der Waals surface area contributed by atoms with Gasteiger partial charge in [-0.2, -0.15) is 0 Å². The van der Waals surface area contributed by atoms with Crippen LogP contribution in [-0.2, 0) is 6.42 Å². The highest BCUT2D eigenvalue weighted by Gasteiger charge is 2.60. The molecule has 0 radical (unpaired) electrons. The molecule has 5 rings (SSSR count). The third kappa shape index (κ3) is 2.90. The van der Waals surface area contributed by atoms with Crippen LogP contribution >= 0.6 is 0 Å². The van der Waals surface area contributed by atoms with E-state index in [0.717, 1.165) is 43.4 Å². The molecule has 0 spiro atoms. The van der Waals surface area contributed by atoms with E-state index in [-0.39, 0.29) is 5.41 Å². The molecule has 0 heterocycles. The summed E-state index contributed by atoms with van der Waals surface area (Å²) in [5.74, 6) is 2.13.